The number of amidine groups is 1. The van der Waals surface area contributed by atoms with Crippen LogP contribution in [0.15, 0.2) is 23.4 Å². The summed E-state index contributed by atoms with van der Waals surface area (Å²) in [6.45, 7) is 3.42. The maximum Gasteiger partial charge on any atom is 0.170 e. The number of likely N-dealkylation sites (tertiary alicyclic amines) is 1. The summed E-state index contributed by atoms with van der Waals surface area (Å²) in [5, 5.41) is 11.8. The average molecular weight is 295 g/mol. The molecule has 1 aromatic carbocycles. The Hall–Kier alpha value is -1.66. The molecule has 0 aromatic heterocycles. The van der Waals surface area contributed by atoms with Crippen LogP contribution >= 0.6 is 0 Å². The smallest absolute Gasteiger partial charge is 0.170 e. The number of halogens is 1. The molecule has 21 heavy (non-hydrogen) atoms. The monoisotopic (exact) mass is 295 g/mol. The van der Waals surface area contributed by atoms with Crippen LogP contribution in [0.4, 0.5) is 4.39 Å². The molecule has 116 valence electrons. The Bertz CT molecular complexity index is 500. The molecule has 0 aliphatic carbocycles. The van der Waals surface area contributed by atoms with Crippen LogP contribution in [0.25, 0.3) is 0 Å². The van der Waals surface area contributed by atoms with Crippen molar-refractivity contribution in [2.24, 2.45) is 16.8 Å². The van der Waals surface area contributed by atoms with Gasteiger partial charge in [0.2, 0.25) is 0 Å². The lowest BCUT2D eigenvalue weighted by Crippen LogP contribution is -2.35. The number of hydrogen-bond donors (Lipinski definition) is 2. The number of rotatable bonds is 5. The second-order valence-electron chi connectivity index (χ2n) is 5.46. The first-order valence-electron chi connectivity index (χ1n) is 7.11. The van der Waals surface area contributed by atoms with Crippen molar-refractivity contribution in [3.8, 4) is 0 Å². The fourth-order valence-electron chi connectivity index (χ4n) is 2.77. The number of ether oxygens (including phenoxy) is 1. The lowest BCUT2D eigenvalue weighted by Gasteiger charge is -2.32. The van der Waals surface area contributed by atoms with Crippen molar-refractivity contribution in [1.29, 1.82) is 0 Å². The van der Waals surface area contributed by atoms with Crippen molar-refractivity contribution in [1.82, 2.24) is 4.90 Å². The van der Waals surface area contributed by atoms with Gasteiger partial charge in [-0.05, 0) is 49.5 Å². The van der Waals surface area contributed by atoms with Crippen LogP contribution in [-0.2, 0) is 11.3 Å². The van der Waals surface area contributed by atoms with E-state index in [9.17, 15) is 4.39 Å². The van der Waals surface area contributed by atoms with E-state index in [0.717, 1.165) is 38.1 Å². The van der Waals surface area contributed by atoms with E-state index >= 15 is 0 Å². The van der Waals surface area contributed by atoms with Crippen LogP contribution < -0.4 is 5.73 Å². The van der Waals surface area contributed by atoms with Crippen molar-refractivity contribution >= 4 is 5.84 Å². The van der Waals surface area contributed by atoms with Crippen LogP contribution in [0.5, 0.6) is 0 Å². The van der Waals surface area contributed by atoms with Gasteiger partial charge in [-0.25, -0.2) is 4.39 Å². The quantitative estimate of drug-likeness (QED) is 0.376. The van der Waals surface area contributed by atoms with Crippen LogP contribution in [0.1, 0.15) is 24.0 Å². The van der Waals surface area contributed by atoms with Crippen molar-refractivity contribution in [2.75, 3.05) is 26.8 Å². The number of oxime groups is 1. The van der Waals surface area contributed by atoms with Crippen molar-refractivity contribution in [3.63, 3.8) is 0 Å². The van der Waals surface area contributed by atoms with Crippen LogP contribution in [0.2, 0.25) is 0 Å². The van der Waals surface area contributed by atoms with E-state index in [2.05, 4.69) is 10.1 Å². The number of benzene rings is 1. The highest BCUT2D eigenvalue weighted by Gasteiger charge is 2.20. The predicted molar refractivity (Wildman–Crippen MR) is 78.8 cm³/mol. The maximum atomic E-state index is 13.3. The third-order valence-corrected chi connectivity index (χ3v) is 3.96. The first kappa shape index (κ1) is 15.7. The highest BCUT2D eigenvalue weighted by molar-refractivity contribution is 5.98. The number of nitrogens with zero attached hydrogens (tertiary/aromatic N) is 2. The van der Waals surface area contributed by atoms with Gasteiger partial charge in [-0.1, -0.05) is 11.2 Å². The van der Waals surface area contributed by atoms with Crippen LogP contribution in [0.3, 0.4) is 0 Å². The standard InChI is InChI=1S/C15H22FN3O2/c1-21-10-11-4-6-19(7-5-11)9-12-2-3-13(16)8-14(12)15(17)18-20/h2-3,8,11,20H,4-7,9-10H2,1H3,(H2,17,18). The van der Waals surface area contributed by atoms with Gasteiger partial charge in [0.1, 0.15) is 5.82 Å². The minimum absolute atomic E-state index is 0.0567. The molecule has 0 amide bonds. The molecule has 0 unspecified atom stereocenters. The number of hydrogen-bond acceptors (Lipinski definition) is 4. The fraction of sp³-hybridized carbons (Fsp3) is 0.533. The van der Waals surface area contributed by atoms with Gasteiger partial charge >= 0.3 is 0 Å². The minimum Gasteiger partial charge on any atom is -0.409 e. The molecule has 1 aliphatic rings. The summed E-state index contributed by atoms with van der Waals surface area (Å²) in [7, 11) is 1.73. The molecule has 0 spiro atoms. The molecular formula is C15H22FN3O2. The van der Waals surface area contributed by atoms with Crippen molar-refractivity contribution in [2.45, 2.75) is 19.4 Å². The van der Waals surface area contributed by atoms with E-state index in [1.54, 1.807) is 13.2 Å². The van der Waals surface area contributed by atoms with E-state index in [-0.39, 0.29) is 11.7 Å². The van der Waals surface area contributed by atoms with Gasteiger partial charge in [-0.2, -0.15) is 0 Å². The second-order valence-corrected chi connectivity index (χ2v) is 5.46. The molecule has 1 saturated heterocycles. The zero-order valence-corrected chi connectivity index (χ0v) is 12.3. The molecule has 1 fully saturated rings. The lowest BCUT2D eigenvalue weighted by molar-refractivity contribution is 0.0968. The maximum absolute atomic E-state index is 13.3. The van der Waals surface area contributed by atoms with E-state index in [1.807, 2.05) is 0 Å². The molecule has 0 atom stereocenters. The summed E-state index contributed by atoms with van der Waals surface area (Å²) in [4.78, 5) is 2.30. The van der Waals surface area contributed by atoms with Crippen LogP contribution in [0, 0.1) is 11.7 Å². The first-order valence-corrected chi connectivity index (χ1v) is 7.11. The lowest BCUT2D eigenvalue weighted by atomic mass is 9.97. The Balaban J connectivity index is 2.04. The van der Waals surface area contributed by atoms with Gasteiger partial charge in [0, 0.05) is 25.8 Å². The summed E-state index contributed by atoms with van der Waals surface area (Å²) in [6, 6.07) is 4.41. The molecule has 2 rings (SSSR count). The highest BCUT2D eigenvalue weighted by Crippen LogP contribution is 2.21. The highest BCUT2D eigenvalue weighted by atomic mass is 19.1. The predicted octanol–water partition coefficient (Wildman–Crippen LogP) is 1.78. The van der Waals surface area contributed by atoms with E-state index in [0.29, 0.717) is 18.0 Å². The molecule has 0 saturated carbocycles. The van der Waals surface area contributed by atoms with Gasteiger partial charge in [0.25, 0.3) is 0 Å². The topological polar surface area (TPSA) is 71.1 Å². The average Bonchev–Trinajstić information content (AvgIpc) is 2.50. The molecule has 0 radical (unpaired) electrons. The SMILES string of the molecule is COCC1CCN(Cc2ccc(F)cc2C(N)=NO)CC1. The largest absolute Gasteiger partial charge is 0.409 e. The first-order chi connectivity index (χ1) is 10.1. The Morgan fingerprint density at radius 3 is 2.81 bits per heavy atom. The Kier molecular flexibility index (Phi) is 5.52. The summed E-state index contributed by atoms with van der Waals surface area (Å²) < 4.78 is 18.5. The van der Waals surface area contributed by atoms with Gasteiger partial charge in [-0.3, -0.25) is 4.90 Å². The molecule has 1 heterocycles. The molecule has 0 bridgehead atoms. The van der Waals surface area contributed by atoms with Gasteiger partial charge in [0.15, 0.2) is 5.84 Å². The Morgan fingerprint density at radius 1 is 1.48 bits per heavy atom. The number of piperidine rings is 1. The summed E-state index contributed by atoms with van der Waals surface area (Å²) >= 11 is 0. The molecule has 6 heteroatoms. The summed E-state index contributed by atoms with van der Waals surface area (Å²) in [5.74, 6) is 0.168. The molecule has 5 nitrogen and oxygen atoms in total. The third kappa shape index (κ3) is 4.15. The summed E-state index contributed by atoms with van der Waals surface area (Å²) in [6.07, 6.45) is 2.18. The van der Waals surface area contributed by atoms with E-state index in [4.69, 9.17) is 15.7 Å². The minimum atomic E-state index is -0.390. The number of methoxy groups -OCH3 is 1. The van der Waals surface area contributed by atoms with Crippen LogP contribution in [-0.4, -0.2) is 42.7 Å². The van der Waals surface area contributed by atoms with E-state index in [1.165, 1.54) is 12.1 Å². The molecule has 1 aliphatic heterocycles. The van der Waals surface area contributed by atoms with Crippen molar-refractivity contribution in [3.05, 3.63) is 35.1 Å². The molecule has 1 aromatic rings. The zero-order valence-electron chi connectivity index (χ0n) is 12.3. The third-order valence-electron chi connectivity index (χ3n) is 3.96. The van der Waals surface area contributed by atoms with Gasteiger partial charge < -0.3 is 15.7 Å². The fourth-order valence-corrected chi connectivity index (χ4v) is 2.77. The summed E-state index contributed by atoms with van der Waals surface area (Å²) in [5.41, 5.74) is 6.96. The second kappa shape index (κ2) is 7.38. The van der Waals surface area contributed by atoms with E-state index < -0.39 is 0 Å². The zero-order chi connectivity index (χ0) is 15.2. The van der Waals surface area contributed by atoms with Gasteiger partial charge in [-0.15, -0.1) is 0 Å². The Labute approximate surface area is 124 Å². The molecule has 3 N–H and O–H groups in total. The van der Waals surface area contributed by atoms with Gasteiger partial charge in [0.05, 0.1) is 0 Å². The Morgan fingerprint density at radius 2 is 2.19 bits per heavy atom. The normalized spacial score (nSPS) is 18.1. The van der Waals surface area contributed by atoms with Crippen molar-refractivity contribution < 1.29 is 14.3 Å². The molecular weight excluding hydrogens is 273 g/mol. The number of nitrogens with two attached hydrogens (primary N) is 1.